The van der Waals surface area contributed by atoms with E-state index in [9.17, 15) is 8.76 Å². The van der Waals surface area contributed by atoms with Crippen molar-refractivity contribution in [2.24, 2.45) is 0 Å². The van der Waals surface area contributed by atoms with E-state index in [2.05, 4.69) is 9.71 Å². The van der Waals surface area contributed by atoms with Crippen LogP contribution >= 0.6 is 0 Å². The third-order valence-corrected chi connectivity index (χ3v) is 4.34. The molecule has 0 fully saturated rings. The van der Waals surface area contributed by atoms with Crippen LogP contribution in [0.4, 0.5) is 0 Å². The van der Waals surface area contributed by atoms with Crippen LogP contribution in [0, 0.1) is 0 Å². The van der Waals surface area contributed by atoms with Gasteiger partial charge in [-0.1, -0.05) is 12.1 Å². The molecule has 0 saturated heterocycles. The molecule has 0 amide bonds. The quantitative estimate of drug-likeness (QED) is 0.651. The number of rotatable bonds is 7. The first-order chi connectivity index (χ1) is 12.1. The van der Waals surface area contributed by atoms with Crippen LogP contribution in [-0.4, -0.2) is 39.1 Å². The molecule has 3 rings (SSSR count). The Bertz CT molecular complexity index is 893. The minimum atomic E-state index is -2.22. The third kappa shape index (κ3) is 3.81. The van der Waals surface area contributed by atoms with E-state index < -0.39 is 11.3 Å². The molecule has 1 heterocycles. The molecule has 0 saturated carbocycles. The van der Waals surface area contributed by atoms with Gasteiger partial charge in [-0.05, 0) is 24.1 Å². The first-order valence-electron chi connectivity index (χ1n) is 7.63. The molecule has 1 atom stereocenters. The summed E-state index contributed by atoms with van der Waals surface area (Å²) in [4.78, 5) is 4.42. The largest absolute Gasteiger partial charge is 0.760 e. The maximum Gasteiger partial charge on any atom is 0.163 e. The Morgan fingerprint density at radius 3 is 2.48 bits per heavy atom. The fourth-order valence-corrected chi connectivity index (χ4v) is 2.91. The lowest BCUT2D eigenvalue weighted by molar-refractivity contribution is 0.355. The zero-order valence-electron chi connectivity index (χ0n) is 13.9. The predicted octanol–water partition coefficient (Wildman–Crippen LogP) is 1.97. The minimum Gasteiger partial charge on any atom is -0.760 e. The molecule has 0 bridgehead atoms. The van der Waals surface area contributed by atoms with Gasteiger partial charge in [0.05, 0.1) is 25.3 Å². The number of methoxy groups -OCH3 is 2. The molecule has 8 heteroatoms. The van der Waals surface area contributed by atoms with Crippen LogP contribution in [0.15, 0.2) is 42.7 Å². The van der Waals surface area contributed by atoms with Crippen LogP contribution in [0.1, 0.15) is 5.56 Å². The Balaban J connectivity index is 1.87. The summed E-state index contributed by atoms with van der Waals surface area (Å²) in [6.45, 7) is 0.375. The average molecular weight is 360 g/mol. The van der Waals surface area contributed by atoms with E-state index in [1.165, 1.54) is 0 Å². The summed E-state index contributed by atoms with van der Waals surface area (Å²) in [5.41, 5.74) is 3.72. The van der Waals surface area contributed by atoms with Gasteiger partial charge in [0.25, 0.3) is 0 Å². The first kappa shape index (κ1) is 17.4. The van der Waals surface area contributed by atoms with E-state index >= 15 is 0 Å². The Hall–Kier alpha value is -2.42. The first-order valence-corrected chi connectivity index (χ1v) is 8.71. The van der Waals surface area contributed by atoms with Crippen molar-refractivity contribution >= 4 is 22.3 Å². The third-order valence-electron chi connectivity index (χ3n) is 3.90. The number of imidazole rings is 1. The fourth-order valence-electron chi connectivity index (χ4n) is 2.64. The zero-order valence-corrected chi connectivity index (χ0v) is 14.7. The summed E-state index contributed by atoms with van der Waals surface area (Å²) < 4.78 is 36.0. The minimum absolute atomic E-state index is 0.375. The smallest absolute Gasteiger partial charge is 0.163 e. The molecule has 1 unspecified atom stereocenters. The van der Waals surface area contributed by atoms with Gasteiger partial charge >= 0.3 is 0 Å². The number of nitrogens with one attached hydrogen (secondary N) is 1. The molecule has 2 aromatic carbocycles. The van der Waals surface area contributed by atoms with E-state index in [4.69, 9.17) is 9.47 Å². The maximum absolute atomic E-state index is 10.5. The van der Waals surface area contributed by atoms with Gasteiger partial charge in [-0.15, -0.1) is 0 Å². The lowest BCUT2D eigenvalue weighted by Gasteiger charge is -2.10. The molecular formula is C17H18N3O4S-. The number of hydrogen-bond acceptors (Lipinski definition) is 5. The van der Waals surface area contributed by atoms with E-state index in [-0.39, 0.29) is 0 Å². The van der Waals surface area contributed by atoms with Gasteiger partial charge in [0.1, 0.15) is 6.33 Å². The van der Waals surface area contributed by atoms with Gasteiger partial charge < -0.3 is 14.0 Å². The highest BCUT2D eigenvalue weighted by atomic mass is 32.2. The highest BCUT2D eigenvalue weighted by Gasteiger charge is 2.11. The number of nitrogens with zero attached hydrogens (tertiary/aromatic N) is 2. The van der Waals surface area contributed by atoms with Crippen molar-refractivity contribution in [1.29, 1.82) is 0 Å². The Kier molecular flexibility index (Phi) is 5.32. The van der Waals surface area contributed by atoms with Gasteiger partial charge in [0.2, 0.25) is 0 Å². The molecule has 0 spiro atoms. The predicted molar refractivity (Wildman–Crippen MR) is 94.8 cm³/mol. The van der Waals surface area contributed by atoms with Gasteiger partial charge in [-0.25, -0.2) is 9.71 Å². The Labute approximate surface area is 148 Å². The standard InChI is InChI=1S/C17H19N3O4S/c1-23-16-9-14-15(10-17(16)24-2)20(11-18-14)13-5-3-12(4-6-13)7-8-19-25(21)22/h3-6,9-11,19H,7-8H2,1-2H3,(H,21,22)/p-1. The number of aromatic nitrogens is 2. The number of benzene rings is 2. The lowest BCUT2D eigenvalue weighted by atomic mass is 10.1. The molecule has 1 N–H and O–H groups in total. The summed E-state index contributed by atoms with van der Waals surface area (Å²) in [7, 11) is 3.19. The lowest BCUT2D eigenvalue weighted by Crippen LogP contribution is -2.19. The van der Waals surface area contributed by atoms with E-state index in [1.54, 1.807) is 20.5 Å². The van der Waals surface area contributed by atoms with E-state index in [1.807, 2.05) is 41.0 Å². The van der Waals surface area contributed by atoms with Crippen molar-refractivity contribution in [3.8, 4) is 17.2 Å². The maximum atomic E-state index is 10.5. The van der Waals surface area contributed by atoms with Gasteiger partial charge in [-0.3, -0.25) is 8.78 Å². The van der Waals surface area contributed by atoms with Crippen LogP contribution in [0.2, 0.25) is 0 Å². The Morgan fingerprint density at radius 1 is 1.16 bits per heavy atom. The summed E-state index contributed by atoms with van der Waals surface area (Å²) in [5.74, 6) is 1.28. The highest BCUT2D eigenvalue weighted by molar-refractivity contribution is 7.77. The normalized spacial score (nSPS) is 12.3. The highest BCUT2D eigenvalue weighted by Crippen LogP contribution is 2.32. The molecule has 0 aliphatic rings. The summed E-state index contributed by atoms with van der Waals surface area (Å²) in [5, 5.41) is 0. The second kappa shape index (κ2) is 7.64. The SMILES string of the molecule is COc1cc2ncn(-c3ccc(CCNS(=O)[O-])cc3)c2cc1OC. The molecule has 0 aliphatic heterocycles. The van der Waals surface area contributed by atoms with Crippen molar-refractivity contribution in [3.05, 3.63) is 48.3 Å². The van der Waals surface area contributed by atoms with Gasteiger partial charge in [0.15, 0.2) is 11.5 Å². The van der Waals surface area contributed by atoms with Crippen molar-refractivity contribution in [2.75, 3.05) is 20.8 Å². The number of hydrogen-bond donors (Lipinski definition) is 1. The van der Waals surface area contributed by atoms with E-state index in [0.29, 0.717) is 24.5 Å². The van der Waals surface area contributed by atoms with Crippen LogP contribution in [-0.2, 0) is 17.7 Å². The molecule has 7 nitrogen and oxygen atoms in total. The molecule has 25 heavy (non-hydrogen) atoms. The monoisotopic (exact) mass is 360 g/mol. The summed E-state index contributed by atoms with van der Waals surface area (Å²) in [6, 6.07) is 11.6. The molecule has 132 valence electrons. The van der Waals surface area contributed by atoms with Crippen molar-refractivity contribution in [3.63, 3.8) is 0 Å². The van der Waals surface area contributed by atoms with Crippen molar-refractivity contribution in [1.82, 2.24) is 14.3 Å². The number of fused-ring (bicyclic) bond motifs is 1. The zero-order chi connectivity index (χ0) is 17.8. The van der Waals surface area contributed by atoms with Crippen LogP contribution in [0.5, 0.6) is 11.5 Å². The van der Waals surface area contributed by atoms with Crippen molar-refractivity contribution in [2.45, 2.75) is 6.42 Å². The van der Waals surface area contributed by atoms with Crippen LogP contribution in [0.25, 0.3) is 16.7 Å². The topological polar surface area (TPSA) is 88.4 Å². The molecular weight excluding hydrogens is 342 g/mol. The molecule has 1 aromatic heterocycles. The van der Waals surface area contributed by atoms with Gasteiger partial charge in [-0.2, -0.15) is 0 Å². The van der Waals surface area contributed by atoms with Crippen LogP contribution in [0.3, 0.4) is 0 Å². The van der Waals surface area contributed by atoms with E-state index in [0.717, 1.165) is 22.3 Å². The summed E-state index contributed by atoms with van der Waals surface area (Å²) >= 11 is -2.22. The molecule has 0 radical (unpaired) electrons. The van der Waals surface area contributed by atoms with Crippen LogP contribution < -0.4 is 14.2 Å². The summed E-state index contributed by atoms with van der Waals surface area (Å²) in [6.07, 6.45) is 2.38. The Morgan fingerprint density at radius 2 is 1.84 bits per heavy atom. The molecule has 3 aromatic rings. The average Bonchev–Trinajstić information content (AvgIpc) is 3.03. The van der Waals surface area contributed by atoms with Gasteiger partial charge in [0, 0.05) is 35.6 Å². The second-order valence-electron chi connectivity index (χ2n) is 5.36. The fraction of sp³-hybridized carbons (Fsp3) is 0.235. The van der Waals surface area contributed by atoms with Crippen molar-refractivity contribution < 1.29 is 18.2 Å². The second-order valence-corrected chi connectivity index (χ2v) is 6.11. The number of ether oxygens (including phenoxy) is 2. The molecule has 0 aliphatic carbocycles.